The van der Waals surface area contributed by atoms with Crippen molar-refractivity contribution in [1.29, 1.82) is 5.26 Å². The molecule has 3 rings (SSSR count). The molecule has 5 N–H and O–H groups in total. The number of rotatable bonds is 4. The molecule has 1 aliphatic carbocycles. The topological polar surface area (TPSA) is 113 Å². The van der Waals surface area contributed by atoms with Gasteiger partial charge in [-0.25, -0.2) is 9.98 Å². The lowest BCUT2D eigenvalue weighted by Gasteiger charge is -2.14. The van der Waals surface area contributed by atoms with Gasteiger partial charge in [0, 0.05) is 11.2 Å². The molecule has 0 bridgehead atoms. The first-order valence-electron chi connectivity index (χ1n) is 8.77. The third-order valence-corrected chi connectivity index (χ3v) is 4.88. The van der Waals surface area contributed by atoms with Crippen LogP contribution < -0.4 is 16.8 Å². The van der Waals surface area contributed by atoms with Crippen molar-refractivity contribution < 1.29 is 13.2 Å². The van der Waals surface area contributed by atoms with Crippen LogP contribution in [0.3, 0.4) is 0 Å². The van der Waals surface area contributed by atoms with Crippen molar-refractivity contribution >= 4 is 23.7 Å². The Kier molecular flexibility index (Phi) is 5.31. The molecule has 1 saturated carbocycles. The molecule has 0 heterocycles. The number of hydrogen-bond donors (Lipinski definition) is 3. The first-order chi connectivity index (χ1) is 13.6. The number of benzene rings is 2. The van der Waals surface area contributed by atoms with E-state index in [1.54, 1.807) is 18.2 Å². The van der Waals surface area contributed by atoms with Crippen LogP contribution in [0.4, 0.5) is 24.5 Å². The minimum absolute atomic E-state index is 0.0860. The Morgan fingerprint density at radius 2 is 2.00 bits per heavy atom. The monoisotopic (exact) mass is 400 g/mol. The molecule has 0 spiro atoms. The van der Waals surface area contributed by atoms with Crippen molar-refractivity contribution in [3.63, 3.8) is 0 Å². The number of hydrogen-bond acceptors (Lipinski definition) is 3. The average Bonchev–Trinajstić information content (AvgIpc) is 3.28. The van der Waals surface area contributed by atoms with Gasteiger partial charge >= 0.3 is 6.18 Å². The van der Waals surface area contributed by atoms with Crippen molar-refractivity contribution in [2.24, 2.45) is 27.4 Å². The number of nitrogens with two attached hydrogens (primary N) is 2. The summed E-state index contributed by atoms with van der Waals surface area (Å²) in [6.45, 7) is 2.02. The van der Waals surface area contributed by atoms with Gasteiger partial charge in [-0.3, -0.25) is 0 Å². The molecule has 29 heavy (non-hydrogen) atoms. The van der Waals surface area contributed by atoms with Crippen LogP contribution in [0.25, 0.3) is 0 Å². The van der Waals surface area contributed by atoms with Crippen molar-refractivity contribution in [3.05, 3.63) is 59.2 Å². The second kappa shape index (κ2) is 7.56. The fraction of sp³-hybridized carbons (Fsp3) is 0.250. The van der Waals surface area contributed by atoms with Crippen LogP contribution in [0.1, 0.15) is 30.0 Å². The highest BCUT2D eigenvalue weighted by Crippen LogP contribution is 2.50. The molecule has 150 valence electrons. The Bertz CT molecular complexity index is 1020. The summed E-state index contributed by atoms with van der Waals surface area (Å²) in [7, 11) is 0. The van der Waals surface area contributed by atoms with Crippen molar-refractivity contribution in [1.82, 2.24) is 0 Å². The van der Waals surface area contributed by atoms with E-state index in [0.717, 1.165) is 24.4 Å². The van der Waals surface area contributed by atoms with E-state index < -0.39 is 17.3 Å². The van der Waals surface area contributed by atoms with E-state index in [2.05, 4.69) is 21.4 Å². The van der Waals surface area contributed by atoms with Gasteiger partial charge in [-0.15, -0.1) is 0 Å². The van der Waals surface area contributed by atoms with E-state index >= 15 is 0 Å². The first kappa shape index (κ1) is 20.4. The lowest BCUT2D eigenvalue weighted by Crippen LogP contribution is -2.24. The zero-order valence-electron chi connectivity index (χ0n) is 15.5. The predicted octanol–water partition coefficient (Wildman–Crippen LogP) is 3.86. The Balaban J connectivity index is 1.74. The van der Waals surface area contributed by atoms with Crippen molar-refractivity contribution in [2.75, 3.05) is 5.32 Å². The minimum Gasteiger partial charge on any atom is -0.369 e. The number of guanidine groups is 1. The summed E-state index contributed by atoms with van der Waals surface area (Å²) < 4.78 is 38.9. The van der Waals surface area contributed by atoms with E-state index in [-0.39, 0.29) is 11.6 Å². The van der Waals surface area contributed by atoms with E-state index in [1.165, 1.54) is 18.2 Å². The smallest absolute Gasteiger partial charge is 0.369 e. The molecule has 0 aromatic heterocycles. The van der Waals surface area contributed by atoms with Crippen LogP contribution >= 0.6 is 0 Å². The van der Waals surface area contributed by atoms with Gasteiger partial charge in [0.15, 0.2) is 5.96 Å². The predicted molar refractivity (Wildman–Crippen MR) is 106 cm³/mol. The average molecular weight is 400 g/mol. The Morgan fingerprint density at radius 1 is 1.31 bits per heavy atom. The van der Waals surface area contributed by atoms with Gasteiger partial charge < -0.3 is 16.8 Å². The van der Waals surface area contributed by atoms with Crippen molar-refractivity contribution in [3.8, 4) is 6.07 Å². The fourth-order valence-electron chi connectivity index (χ4n) is 3.10. The van der Waals surface area contributed by atoms with Gasteiger partial charge in [0.25, 0.3) is 0 Å². The van der Waals surface area contributed by atoms with Gasteiger partial charge in [-0.2, -0.15) is 18.4 Å². The lowest BCUT2D eigenvalue weighted by atomic mass is 9.97. The van der Waals surface area contributed by atoms with Crippen LogP contribution in [0.15, 0.2) is 52.4 Å². The van der Waals surface area contributed by atoms with Crippen LogP contribution in [-0.2, 0) is 11.7 Å². The van der Waals surface area contributed by atoms with Crippen LogP contribution in [-0.4, -0.2) is 12.3 Å². The fourth-order valence-corrected chi connectivity index (χ4v) is 3.10. The van der Waals surface area contributed by atoms with Gasteiger partial charge in [-0.05, 0) is 42.2 Å². The maximum absolute atomic E-state index is 13.0. The second-order valence-electron chi connectivity index (χ2n) is 6.92. The molecule has 0 amide bonds. The van der Waals surface area contributed by atoms with E-state index in [0.29, 0.717) is 17.2 Å². The number of alkyl halides is 3. The van der Waals surface area contributed by atoms with E-state index in [9.17, 15) is 18.4 Å². The van der Waals surface area contributed by atoms with Crippen LogP contribution in [0.2, 0.25) is 0 Å². The summed E-state index contributed by atoms with van der Waals surface area (Å²) in [5, 5.41) is 12.2. The molecular formula is C20H19F3N6. The molecule has 1 aliphatic rings. The van der Waals surface area contributed by atoms with Gasteiger partial charge in [-0.1, -0.05) is 25.1 Å². The van der Waals surface area contributed by atoms with Gasteiger partial charge in [0.2, 0.25) is 0 Å². The second-order valence-corrected chi connectivity index (χ2v) is 6.92. The van der Waals surface area contributed by atoms with Crippen LogP contribution in [0.5, 0.6) is 0 Å². The molecule has 2 atom stereocenters. The maximum Gasteiger partial charge on any atom is 0.418 e. The molecule has 6 nitrogen and oxygen atoms in total. The number of halogens is 3. The van der Waals surface area contributed by atoms with Crippen LogP contribution in [0, 0.1) is 17.2 Å². The highest BCUT2D eigenvalue weighted by atomic mass is 19.4. The molecular weight excluding hydrogens is 381 g/mol. The Morgan fingerprint density at radius 3 is 2.62 bits per heavy atom. The molecule has 2 aromatic rings. The zero-order chi connectivity index (χ0) is 21.2. The normalized spacial score (nSPS) is 21.8. The summed E-state index contributed by atoms with van der Waals surface area (Å²) in [6, 6.07) is 12.1. The number of nitriles is 1. The highest BCUT2D eigenvalue weighted by molar-refractivity contribution is 5.97. The molecule has 0 aliphatic heterocycles. The number of para-hydroxylation sites is 1. The lowest BCUT2D eigenvalue weighted by molar-refractivity contribution is -0.137. The third kappa shape index (κ3) is 4.38. The van der Waals surface area contributed by atoms with Gasteiger partial charge in [0.1, 0.15) is 6.34 Å². The summed E-state index contributed by atoms with van der Waals surface area (Å²) >= 11 is 0. The highest BCUT2D eigenvalue weighted by Gasteiger charge is 2.50. The molecule has 2 unspecified atom stereocenters. The minimum atomic E-state index is -4.52. The SMILES string of the molecule is CC1CC1(N)c1ccc(NC(N)=NC=Nc2ccccc2C(F)(F)F)cc1C#N. The van der Waals surface area contributed by atoms with E-state index in [1.807, 2.05) is 6.92 Å². The summed E-state index contributed by atoms with van der Waals surface area (Å²) in [4.78, 5) is 7.54. The number of nitrogens with one attached hydrogen (secondary N) is 1. The standard InChI is InChI=1S/C20H19F3N6/c1-12-9-19(12,26)15-7-6-14(8-13(15)10-24)29-18(25)28-11-27-17-5-3-2-4-16(17)20(21,22)23/h2-8,11-12H,9,26H2,1H3,(H3,25,27,28,29). The number of aliphatic imine (C=N–C) groups is 2. The van der Waals surface area contributed by atoms with Crippen molar-refractivity contribution in [2.45, 2.75) is 25.1 Å². The van der Waals surface area contributed by atoms with Gasteiger partial charge in [0.05, 0.1) is 22.9 Å². The number of nitrogens with zero attached hydrogens (tertiary/aromatic N) is 3. The quantitative estimate of drug-likeness (QED) is 0.534. The summed E-state index contributed by atoms with van der Waals surface area (Å²) in [5.74, 6) is 0.216. The summed E-state index contributed by atoms with van der Waals surface area (Å²) in [6.07, 6.45) is -2.77. The largest absolute Gasteiger partial charge is 0.418 e. The molecule has 0 saturated heterocycles. The number of anilines is 1. The Labute approximate surface area is 165 Å². The maximum atomic E-state index is 13.0. The first-order valence-corrected chi connectivity index (χ1v) is 8.77. The van der Waals surface area contributed by atoms with E-state index in [4.69, 9.17) is 11.5 Å². The Hall–Kier alpha value is -3.38. The zero-order valence-corrected chi connectivity index (χ0v) is 15.5. The molecule has 9 heteroatoms. The molecule has 2 aromatic carbocycles. The molecule has 0 radical (unpaired) electrons. The summed E-state index contributed by atoms with van der Waals surface area (Å²) in [5.41, 5.74) is 12.2. The molecule has 1 fully saturated rings. The third-order valence-electron chi connectivity index (χ3n) is 4.88.